The summed E-state index contributed by atoms with van der Waals surface area (Å²) in [4.78, 5) is 22.6. The Balaban J connectivity index is 2.14. The van der Waals surface area contributed by atoms with Gasteiger partial charge in [-0.1, -0.05) is 6.58 Å². The quantitative estimate of drug-likeness (QED) is 0.314. The average Bonchev–Trinajstić information content (AvgIpc) is 2.51. The lowest BCUT2D eigenvalue weighted by atomic mass is 10.1. The van der Waals surface area contributed by atoms with Crippen molar-refractivity contribution in [2.45, 2.75) is 25.7 Å². The number of carbonyl (C=O) groups excluding carboxylic acids is 2. The summed E-state index contributed by atoms with van der Waals surface area (Å²) < 4.78 is 10.0. The molecule has 0 fully saturated rings. The van der Waals surface area contributed by atoms with Crippen molar-refractivity contribution >= 4 is 23.3 Å². The van der Waals surface area contributed by atoms with E-state index in [0.29, 0.717) is 24.6 Å². The summed E-state index contributed by atoms with van der Waals surface area (Å²) in [5, 5.41) is 0. The van der Waals surface area contributed by atoms with Gasteiger partial charge in [0.1, 0.15) is 0 Å². The summed E-state index contributed by atoms with van der Waals surface area (Å²) in [6, 6.07) is 4.72. The molecule has 0 spiro atoms. The Morgan fingerprint density at radius 1 is 1.05 bits per heavy atom. The van der Waals surface area contributed by atoms with Crippen molar-refractivity contribution in [3.63, 3.8) is 0 Å². The molecule has 0 heterocycles. The van der Waals surface area contributed by atoms with Gasteiger partial charge in [-0.3, -0.25) is 0 Å². The first kappa shape index (κ1) is 17.6. The van der Waals surface area contributed by atoms with Crippen molar-refractivity contribution < 1.29 is 19.1 Å². The van der Waals surface area contributed by atoms with Gasteiger partial charge in [-0.05, 0) is 43.9 Å². The first-order chi connectivity index (χ1) is 10.5. The largest absolute Gasteiger partial charge is 0.463 e. The number of unbranched alkanes of at least 4 members (excludes halogenated alkanes) is 3. The first-order valence-corrected chi connectivity index (χ1v) is 7.16. The molecule has 0 bridgehead atoms. The number of rotatable bonds is 9. The van der Waals surface area contributed by atoms with E-state index in [4.69, 9.17) is 20.9 Å². The molecule has 0 aliphatic carbocycles. The molecule has 0 saturated heterocycles. The van der Waals surface area contributed by atoms with E-state index in [1.54, 1.807) is 12.1 Å². The van der Waals surface area contributed by atoms with Crippen molar-refractivity contribution in [3.05, 3.63) is 36.4 Å². The van der Waals surface area contributed by atoms with Crippen LogP contribution in [0.3, 0.4) is 0 Å². The van der Waals surface area contributed by atoms with E-state index in [-0.39, 0.29) is 5.56 Å². The van der Waals surface area contributed by atoms with Crippen LogP contribution >= 0.6 is 0 Å². The van der Waals surface area contributed by atoms with Crippen LogP contribution in [-0.4, -0.2) is 25.2 Å². The first-order valence-electron chi connectivity index (χ1n) is 7.16. The molecule has 1 aromatic rings. The van der Waals surface area contributed by atoms with Crippen LogP contribution in [0.4, 0.5) is 11.4 Å². The van der Waals surface area contributed by atoms with Crippen LogP contribution in [0.25, 0.3) is 0 Å². The minimum absolute atomic E-state index is 0.288. The van der Waals surface area contributed by atoms with Gasteiger partial charge in [-0.2, -0.15) is 0 Å². The molecule has 0 aliphatic rings. The summed E-state index contributed by atoms with van der Waals surface area (Å²) in [7, 11) is 0. The van der Waals surface area contributed by atoms with Gasteiger partial charge in [0, 0.05) is 17.5 Å². The van der Waals surface area contributed by atoms with Crippen LogP contribution in [0.15, 0.2) is 30.9 Å². The van der Waals surface area contributed by atoms with Crippen LogP contribution in [0.2, 0.25) is 0 Å². The third-order valence-corrected chi connectivity index (χ3v) is 2.98. The predicted octanol–water partition coefficient (Wildman–Crippen LogP) is 2.30. The number of carbonyl (C=O) groups is 2. The fraction of sp³-hybridized carbons (Fsp3) is 0.375. The van der Waals surface area contributed by atoms with Crippen molar-refractivity contribution in [3.8, 4) is 0 Å². The van der Waals surface area contributed by atoms with Crippen molar-refractivity contribution in [2.24, 2.45) is 0 Å². The van der Waals surface area contributed by atoms with Crippen LogP contribution in [0, 0.1) is 0 Å². The molecule has 6 nitrogen and oxygen atoms in total. The smallest absolute Gasteiger partial charge is 0.340 e. The Labute approximate surface area is 130 Å². The van der Waals surface area contributed by atoms with E-state index in [9.17, 15) is 9.59 Å². The van der Waals surface area contributed by atoms with E-state index in [1.165, 1.54) is 6.07 Å². The molecule has 0 unspecified atom stereocenters. The molecule has 22 heavy (non-hydrogen) atoms. The number of nitrogen functional groups attached to an aromatic ring is 2. The second-order valence-corrected chi connectivity index (χ2v) is 4.77. The fourth-order valence-corrected chi connectivity index (χ4v) is 1.78. The highest BCUT2D eigenvalue weighted by atomic mass is 16.5. The SMILES string of the molecule is C=CC(=O)OCCCCCCOC(=O)c1cc(N)ccc1N. The molecule has 6 heteroatoms. The lowest BCUT2D eigenvalue weighted by Gasteiger charge is -2.08. The highest BCUT2D eigenvalue weighted by Gasteiger charge is 2.11. The zero-order valence-corrected chi connectivity index (χ0v) is 12.5. The van der Waals surface area contributed by atoms with E-state index in [1.807, 2.05) is 0 Å². The Hall–Kier alpha value is -2.50. The van der Waals surface area contributed by atoms with Crippen LogP contribution in [-0.2, 0) is 14.3 Å². The Morgan fingerprint density at radius 2 is 1.68 bits per heavy atom. The van der Waals surface area contributed by atoms with Crippen LogP contribution < -0.4 is 11.5 Å². The molecule has 0 aliphatic heterocycles. The predicted molar refractivity (Wildman–Crippen MR) is 85.2 cm³/mol. The number of hydrogen-bond donors (Lipinski definition) is 2. The molecule has 0 radical (unpaired) electrons. The molecule has 1 rings (SSSR count). The summed E-state index contributed by atoms with van der Waals surface area (Å²) in [5.41, 5.74) is 12.4. The van der Waals surface area contributed by atoms with Crippen molar-refractivity contribution in [1.82, 2.24) is 0 Å². The number of benzene rings is 1. The summed E-state index contributed by atoms with van der Waals surface area (Å²) in [6.45, 7) is 4.01. The lowest BCUT2D eigenvalue weighted by Crippen LogP contribution is -2.10. The maximum absolute atomic E-state index is 11.8. The standard InChI is InChI=1S/C16H22N2O4/c1-2-15(19)21-9-5-3-4-6-10-22-16(20)13-11-12(17)7-8-14(13)18/h2,7-8,11H,1,3-6,9-10,17-18H2. The van der Waals surface area contributed by atoms with Gasteiger partial charge in [-0.25, -0.2) is 9.59 Å². The number of hydrogen-bond acceptors (Lipinski definition) is 6. The fourth-order valence-electron chi connectivity index (χ4n) is 1.78. The molecule has 0 amide bonds. The maximum atomic E-state index is 11.8. The highest BCUT2D eigenvalue weighted by molar-refractivity contribution is 5.96. The zero-order chi connectivity index (χ0) is 16.4. The molecule has 4 N–H and O–H groups in total. The molecule has 0 aromatic heterocycles. The van der Waals surface area contributed by atoms with Gasteiger partial charge in [0.25, 0.3) is 0 Å². The second kappa shape index (κ2) is 9.44. The van der Waals surface area contributed by atoms with Crippen molar-refractivity contribution in [1.29, 1.82) is 0 Å². The van der Waals surface area contributed by atoms with E-state index in [2.05, 4.69) is 6.58 Å². The Kier molecular flexibility index (Phi) is 7.53. The summed E-state index contributed by atoms with van der Waals surface area (Å²) in [5.74, 6) is -0.877. The van der Waals surface area contributed by atoms with Gasteiger partial charge < -0.3 is 20.9 Å². The lowest BCUT2D eigenvalue weighted by molar-refractivity contribution is -0.137. The third-order valence-electron chi connectivity index (χ3n) is 2.98. The highest BCUT2D eigenvalue weighted by Crippen LogP contribution is 2.16. The van der Waals surface area contributed by atoms with Crippen molar-refractivity contribution in [2.75, 3.05) is 24.7 Å². The van der Waals surface area contributed by atoms with Gasteiger partial charge in [-0.15, -0.1) is 0 Å². The zero-order valence-electron chi connectivity index (χ0n) is 12.5. The topological polar surface area (TPSA) is 105 Å². The van der Waals surface area contributed by atoms with E-state index < -0.39 is 11.9 Å². The van der Waals surface area contributed by atoms with E-state index >= 15 is 0 Å². The third kappa shape index (κ3) is 6.30. The minimum atomic E-state index is -0.468. The number of anilines is 2. The Bertz CT molecular complexity index is 529. The summed E-state index contributed by atoms with van der Waals surface area (Å²) in [6.07, 6.45) is 4.42. The normalized spacial score (nSPS) is 10.0. The molecule has 1 aromatic carbocycles. The van der Waals surface area contributed by atoms with Crippen LogP contribution in [0.1, 0.15) is 36.0 Å². The molecular formula is C16H22N2O4. The minimum Gasteiger partial charge on any atom is -0.463 e. The Morgan fingerprint density at radius 3 is 2.32 bits per heavy atom. The number of ether oxygens (including phenoxy) is 2. The maximum Gasteiger partial charge on any atom is 0.340 e. The van der Waals surface area contributed by atoms with Gasteiger partial charge in [0.05, 0.1) is 18.8 Å². The molecule has 0 saturated carbocycles. The molecule has 120 valence electrons. The average molecular weight is 306 g/mol. The summed E-state index contributed by atoms with van der Waals surface area (Å²) >= 11 is 0. The van der Waals surface area contributed by atoms with Gasteiger partial charge >= 0.3 is 11.9 Å². The van der Waals surface area contributed by atoms with Gasteiger partial charge in [0.15, 0.2) is 0 Å². The monoisotopic (exact) mass is 306 g/mol. The van der Waals surface area contributed by atoms with E-state index in [0.717, 1.165) is 31.8 Å². The number of nitrogens with two attached hydrogens (primary N) is 2. The second-order valence-electron chi connectivity index (χ2n) is 4.77. The number of esters is 2. The molecular weight excluding hydrogens is 284 g/mol. The van der Waals surface area contributed by atoms with Gasteiger partial charge in [0.2, 0.25) is 0 Å². The van der Waals surface area contributed by atoms with Crippen LogP contribution in [0.5, 0.6) is 0 Å². The molecule has 0 atom stereocenters.